The van der Waals surface area contributed by atoms with Crippen LogP contribution in [0.2, 0.25) is 0 Å². The van der Waals surface area contributed by atoms with Gasteiger partial charge in [0.15, 0.2) is 0 Å². The van der Waals surface area contributed by atoms with Crippen molar-refractivity contribution in [3.8, 4) is 0 Å². The molecule has 0 N–H and O–H groups in total. The third-order valence-electron chi connectivity index (χ3n) is 3.86. The molecule has 2 aliphatic rings. The summed E-state index contributed by atoms with van der Waals surface area (Å²) in [5.41, 5.74) is 0.656. The molecule has 2 rings (SSSR count). The Labute approximate surface area is 95.7 Å². The zero-order chi connectivity index (χ0) is 11.7. The first-order chi connectivity index (χ1) is 7.61. The molecule has 0 saturated heterocycles. The minimum absolute atomic E-state index is 0.0182. The summed E-state index contributed by atoms with van der Waals surface area (Å²) in [5.74, 6) is 0.440. The third-order valence-corrected chi connectivity index (χ3v) is 3.86. The van der Waals surface area contributed by atoms with Crippen LogP contribution in [0.25, 0.3) is 0 Å². The Morgan fingerprint density at radius 2 is 2.00 bits per heavy atom. The molecule has 2 unspecified atom stereocenters. The largest absolute Gasteiger partial charge is 0.289 e. The molecule has 1 heterocycles. The summed E-state index contributed by atoms with van der Waals surface area (Å²) in [6, 6.07) is -0.608. The Bertz CT molecular complexity index is 310. The van der Waals surface area contributed by atoms with Crippen molar-refractivity contribution in [1.29, 1.82) is 0 Å². The Morgan fingerprint density at radius 1 is 1.38 bits per heavy atom. The Kier molecular flexibility index (Phi) is 3.12. The summed E-state index contributed by atoms with van der Waals surface area (Å²) >= 11 is 0. The van der Waals surface area contributed by atoms with Gasteiger partial charge in [-0.2, -0.15) is 5.10 Å². The predicted octanol–water partition coefficient (Wildman–Crippen LogP) is 1.90. The molecule has 0 radical (unpaired) electrons. The molecular weight excluding hydrogens is 206 g/mol. The molecule has 1 aliphatic carbocycles. The lowest BCUT2D eigenvalue weighted by Crippen LogP contribution is -2.46. The summed E-state index contributed by atoms with van der Waals surface area (Å²) < 4.78 is 0. The highest BCUT2D eigenvalue weighted by molar-refractivity contribution is 5.88. The highest BCUT2D eigenvalue weighted by Crippen LogP contribution is 2.33. The van der Waals surface area contributed by atoms with Gasteiger partial charge in [-0.3, -0.25) is 15.1 Å². The van der Waals surface area contributed by atoms with Crippen LogP contribution in [-0.2, 0) is 0 Å². The van der Waals surface area contributed by atoms with E-state index in [0.717, 1.165) is 12.8 Å². The van der Waals surface area contributed by atoms with Crippen LogP contribution in [0.15, 0.2) is 5.10 Å². The second-order valence-corrected chi connectivity index (χ2v) is 4.93. The van der Waals surface area contributed by atoms with Gasteiger partial charge in [-0.25, -0.2) is 0 Å². The fourth-order valence-corrected chi connectivity index (χ4v) is 3.14. The molecule has 0 aromatic carbocycles. The van der Waals surface area contributed by atoms with Gasteiger partial charge in [-0.15, -0.1) is 0 Å². The average Bonchev–Trinajstić information content (AvgIpc) is 2.55. The summed E-state index contributed by atoms with van der Waals surface area (Å²) in [6.07, 6.45) is 5.91. The lowest BCUT2D eigenvalue weighted by molar-refractivity contribution is -0.509. The SMILES string of the molecule is CC1=NN(C)C(C2CCCCC2)C1[N+](=O)[O-]. The highest BCUT2D eigenvalue weighted by atomic mass is 16.6. The molecule has 0 spiro atoms. The minimum atomic E-state index is -0.590. The number of hydrogen-bond acceptors (Lipinski definition) is 4. The Morgan fingerprint density at radius 3 is 2.56 bits per heavy atom. The van der Waals surface area contributed by atoms with Gasteiger partial charge in [0.25, 0.3) is 6.04 Å². The summed E-state index contributed by atoms with van der Waals surface area (Å²) in [5, 5.41) is 17.2. The van der Waals surface area contributed by atoms with Gasteiger partial charge < -0.3 is 0 Å². The zero-order valence-corrected chi connectivity index (χ0v) is 9.93. The van der Waals surface area contributed by atoms with Gasteiger partial charge in [-0.05, 0) is 25.7 Å². The van der Waals surface area contributed by atoms with Gasteiger partial charge in [0.2, 0.25) is 0 Å². The number of likely N-dealkylation sites (N-methyl/N-ethyl adjacent to an activating group) is 1. The first-order valence-corrected chi connectivity index (χ1v) is 6.02. The quantitative estimate of drug-likeness (QED) is 0.532. The molecule has 16 heavy (non-hydrogen) atoms. The molecule has 90 valence electrons. The van der Waals surface area contributed by atoms with Gasteiger partial charge in [0.1, 0.15) is 11.8 Å². The maximum atomic E-state index is 11.1. The Hall–Kier alpha value is -1.13. The van der Waals surface area contributed by atoms with E-state index in [1.807, 2.05) is 12.1 Å². The summed E-state index contributed by atoms with van der Waals surface area (Å²) in [7, 11) is 1.87. The standard InChI is InChI=1S/C11H19N3O2/c1-8-10(14(15)16)11(13(2)12-8)9-6-4-3-5-7-9/h9-11H,3-7H2,1-2H3. The molecule has 1 saturated carbocycles. The van der Waals surface area contributed by atoms with E-state index in [4.69, 9.17) is 0 Å². The van der Waals surface area contributed by atoms with Crippen molar-refractivity contribution in [1.82, 2.24) is 5.01 Å². The van der Waals surface area contributed by atoms with Crippen LogP contribution in [0, 0.1) is 16.0 Å². The highest BCUT2D eigenvalue weighted by Gasteiger charge is 2.46. The molecule has 5 heteroatoms. The predicted molar refractivity (Wildman–Crippen MR) is 62.0 cm³/mol. The van der Waals surface area contributed by atoms with Crippen LogP contribution in [0.5, 0.6) is 0 Å². The van der Waals surface area contributed by atoms with E-state index in [2.05, 4.69) is 5.10 Å². The topological polar surface area (TPSA) is 58.7 Å². The smallest absolute Gasteiger partial charge is 0.274 e. The molecule has 2 atom stereocenters. The van der Waals surface area contributed by atoms with Crippen LogP contribution in [0.1, 0.15) is 39.0 Å². The van der Waals surface area contributed by atoms with Crippen molar-refractivity contribution in [2.45, 2.75) is 51.1 Å². The maximum absolute atomic E-state index is 11.1. The number of nitro groups is 1. The van der Waals surface area contributed by atoms with Crippen molar-refractivity contribution >= 4 is 5.71 Å². The lowest BCUT2D eigenvalue weighted by atomic mass is 9.80. The van der Waals surface area contributed by atoms with Gasteiger partial charge >= 0.3 is 0 Å². The first kappa shape index (κ1) is 11.4. The van der Waals surface area contributed by atoms with Crippen LogP contribution < -0.4 is 0 Å². The molecule has 1 fully saturated rings. The fraction of sp³-hybridized carbons (Fsp3) is 0.909. The molecular formula is C11H19N3O2. The number of hydrogen-bond donors (Lipinski definition) is 0. The van der Waals surface area contributed by atoms with Crippen LogP contribution in [0.3, 0.4) is 0 Å². The molecule has 1 aliphatic heterocycles. The zero-order valence-electron chi connectivity index (χ0n) is 9.93. The second-order valence-electron chi connectivity index (χ2n) is 4.93. The van der Waals surface area contributed by atoms with E-state index in [1.165, 1.54) is 19.3 Å². The fourth-order valence-electron chi connectivity index (χ4n) is 3.14. The molecule has 0 aromatic heterocycles. The number of hydrazone groups is 1. The monoisotopic (exact) mass is 225 g/mol. The molecule has 0 bridgehead atoms. The molecule has 0 aromatic rings. The van der Waals surface area contributed by atoms with E-state index in [-0.39, 0.29) is 11.0 Å². The lowest BCUT2D eigenvalue weighted by Gasteiger charge is -2.31. The minimum Gasteiger partial charge on any atom is -0.289 e. The third kappa shape index (κ3) is 1.90. The Balaban J connectivity index is 2.15. The van der Waals surface area contributed by atoms with E-state index >= 15 is 0 Å². The molecule has 0 amide bonds. The first-order valence-electron chi connectivity index (χ1n) is 6.02. The second kappa shape index (κ2) is 4.39. The summed E-state index contributed by atoms with van der Waals surface area (Å²) in [4.78, 5) is 10.9. The van der Waals surface area contributed by atoms with Crippen molar-refractivity contribution in [3.05, 3.63) is 10.1 Å². The number of rotatable bonds is 2. The van der Waals surface area contributed by atoms with Crippen molar-refractivity contribution in [2.24, 2.45) is 11.0 Å². The van der Waals surface area contributed by atoms with Crippen molar-refractivity contribution in [3.63, 3.8) is 0 Å². The van der Waals surface area contributed by atoms with Crippen LogP contribution in [0.4, 0.5) is 0 Å². The number of nitrogens with zero attached hydrogens (tertiary/aromatic N) is 3. The van der Waals surface area contributed by atoms with Gasteiger partial charge in [0, 0.05) is 12.0 Å². The van der Waals surface area contributed by atoms with Crippen molar-refractivity contribution < 1.29 is 4.92 Å². The average molecular weight is 225 g/mol. The maximum Gasteiger partial charge on any atom is 0.274 e. The van der Waals surface area contributed by atoms with E-state index < -0.39 is 6.04 Å². The van der Waals surface area contributed by atoms with Gasteiger partial charge in [0.05, 0.1) is 0 Å². The van der Waals surface area contributed by atoms with Crippen LogP contribution >= 0.6 is 0 Å². The molecule has 5 nitrogen and oxygen atoms in total. The normalized spacial score (nSPS) is 31.6. The van der Waals surface area contributed by atoms with E-state index in [0.29, 0.717) is 11.6 Å². The van der Waals surface area contributed by atoms with E-state index in [1.54, 1.807) is 6.92 Å². The van der Waals surface area contributed by atoms with E-state index in [9.17, 15) is 10.1 Å². The summed E-state index contributed by atoms with van der Waals surface area (Å²) in [6.45, 7) is 1.77. The van der Waals surface area contributed by atoms with Crippen LogP contribution in [-0.4, -0.2) is 34.8 Å². The van der Waals surface area contributed by atoms with Gasteiger partial charge in [-0.1, -0.05) is 19.3 Å². The van der Waals surface area contributed by atoms with Crippen molar-refractivity contribution in [2.75, 3.05) is 7.05 Å².